The SMILES string of the molecule is C/C=C/c1cc(OCCC(C)C)c(C)cc1OCCC(C)C. The molecule has 0 radical (unpaired) electrons. The predicted molar refractivity (Wildman–Crippen MR) is 95.8 cm³/mol. The van der Waals surface area contributed by atoms with Crippen LogP contribution in [-0.2, 0) is 0 Å². The number of hydrogen-bond acceptors (Lipinski definition) is 2. The fourth-order valence-electron chi connectivity index (χ4n) is 2.08. The highest BCUT2D eigenvalue weighted by Gasteiger charge is 2.09. The lowest BCUT2D eigenvalue weighted by molar-refractivity contribution is 0.280. The standard InChI is InChI=1S/C20H32O2/c1-7-8-18-14-19(21-11-9-15(2)3)17(6)13-20(18)22-12-10-16(4)5/h7-8,13-16H,9-12H2,1-6H3/b8-7+. The van der Waals surface area contributed by atoms with E-state index in [9.17, 15) is 0 Å². The van der Waals surface area contributed by atoms with Crippen LogP contribution in [0.2, 0.25) is 0 Å². The van der Waals surface area contributed by atoms with Crippen LogP contribution < -0.4 is 9.47 Å². The fourth-order valence-corrected chi connectivity index (χ4v) is 2.08. The van der Waals surface area contributed by atoms with Crippen molar-refractivity contribution >= 4 is 6.08 Å². The number of rotatable bonds is 9. The van der Waals surface area contributed by atoms with E-state index in [1.165, 1.54) is 0 Å². The smallest absolute Gasteiger partial charge is 0.127 e. The Morgan fingerprint density at radius 2 is 1.45 bits per heavy atom. The van der Waals surface area contributed by atoms with Crippen LogP contribution in [0.25, 0.3) is 6.08 Å². The van der Waals surface area contributed by atoms with Crippen LogP contribution in [0.3, 0.4) is 0 Å². The van der Waals surface area contributed by atoms with Gasteiger partial charge >= 0.3 is 0 Å². The molecular formula is C20H32O2. The van der Waals surface area contributed by atoms with E-state index in [1.54, 1.807) is 0 Å². The predicted octanol–water partition coefficient (Wildman–Crippen LogP) is 5.88. The first-order valence-corrected chi connectivity index (χ1v) is 8.47. The van der Waals surface area contributed by atoms with Gasteiger partial charge in [0, 0.05) is 5.56 Å². The zero-order valence-electron chi connectivity index (χ0n) is 15.1. The molecule has 0 aromatic heterocycles. The van der Waals surface area contributed by atoms with Crippen molar-refractivity contribution in [1.29, 1.82) is 0 Å². The first-order chi connectivity index (χ1) is 10.4. The molecule has 0 aliphatic heterocycles. The van der Waals surface area contributed by atoms with Crippen LogP contribution in [0, 0.1) is 18.8 Å². The Hall–Kier alpha value is -1.44. The van der Waals surface area contributed by atoms with Crippen molar-refractivity contribution in [2.24, 2.45) is 11.8 Å². The van der Waals surface area contributed by atoms with Gasteiger partial charge in [0.1, 0.15) is 11.5 Å². The molecule has 0 saturated heterocycles. The molecule has 0 N–H and O–H groups in total. The van der Waals surface area contributed by atoms with E-state index in [1.807, 2.05) is 13.0 Å². The molecule has 1 aromatic carbocycles. The Bertz CT molecular complexity index is 473. The summed E-state index contributed by atoms with van der Waals surface area (Å²) >= 11 is 0. The number of benzene rings is 1. The number of hydrogen-bond donors (Lipinski definition) is 0. The van der Waals surface area contributed by atoms with Gasteiger partial charge < -0.3 is 9.47 Å². The summed E-state index contributed by atoms with van der Waals surface area (Å²) in [5.41, 5.74) is 2.23. The fraction of sp³-hybridized carbons (Fsp3) is 0.600. The molecule has 0 heterocycles. The minimum atomic E-state index is 0.657. The Morgan fingerprint density at radius 1 is 0.909 bits per heavy atom. The van der Waals surface area contributed by atoms with E-state index in [2.05, 4.69) is 52.8 Å². The van der Waals surface area contributed by atoms with Gasteiger partial charge in [0.15, 0.2) is 0 Å². The second-order valence-electron chi connectivity index (χ2n) is 6.72. The van der Waals surface area contributed by atoms with Gasteiger partial charge in [-0.15, -0.1) is 0 Å². The number of allylic oxidation sites excluding steroid dienone is 1. The minimum Gasteiger partial charge on any atom is -0.493 e. The molecule has 124 valence electrons. The first-order valence-electron chi connectivity index (χ1n) is 8.47. The molecule has 0 unspecified atom stereocenters. The van der Waals surface area contributed by atoms with Crippen LogP contribution >= 0.6 is 0 Å². The summed E-state index contributed by atoms with van der Waals surface area (Å²) in [6.07, 6.45) is 6.27. The van der Waals surface area contributed by atoms with Gasteiger partial charge in [-0.05, 0) is 56.2 Å². The van der Waals surface area contributed by atoms with Crippen molar-refractivity contribution in [3.63, 3.8) is 0 Å². The van der Waals surface area contributed by atoms with E-state index in [-0.39, 0.29) is 0 Å². The molecule has 1 aromatic rings. The normalized spacial score (nSPS) is 11.6. The summed E-state index contributed by atoms with van der Waals surface area (Å²) in [6, 6.07) is 4.20. The lowest BCUT2D eigenvalue weighted by Gasteiger charge is -2.16. The van der Waals surface area contributed by atoms with Crippen LogP contribution in [-0.4, -0.2) is 13.2 Å². The van der Waals surface area contributed by atoms with Gasteiger partial charge in [0.25, 0.3) is 0 Å². The average molecular weight is 304 g/mol. The molecule has 0 amide bonds. The van der Waals surface area contributed by atoms with Gasteiger partial charge in [-0.2, -0.15) is 0 Å². The van der Waals surface area contributed by atoms with Gasteiger partial charge in [-0.25, -0.2) is 0 Å². The quantitative estimate of drug-likeness (QED) is 0.567. The van der Waals surface area contributed by atoms with E-state index in [0.29, 0.717) is 11.8 Å². The van der Waals surface area contributed by atoms with Gasteiger partial charge in [-0.1, -0.05) is 39.8 Å². The van der Waals surface area contributed by atoms with Crippen LogP contribution in [0.5, 0.6) is 11.5 Å². The molecule has 1 rings (SSSR count). The van der Waals surface area contributed by atoms with E-state index >= 15 is 0 Å². The lowest BCUT2D eigenvalue weighted by atomic mass is 10.1. The highest BCUT2D eigenvalue weighted by molar-refractivity contribution is 5.61. The first kappa shape index (κ1) is 18.6. The van der Waals surface area contributed by atoms with Crippen molar-refractivity contribution in [2.45, 2.75) is 54.4 Å². The number of aryl methyl sites for hydroxylation is 1. The summed E-state index contributed by atoms with van der Waals surface area (Å²) in [4.78, 5) is 0. The highest BCUT2D eigenvalue weighted by Crippen LogP contribution is 2.30. The van der Waals surface area contributed by atoms with E-state index in [0.717, 1.165) is 48.7 Å². The van der Waals surface area contributed by atoms with E-state index < -0.39 is 0 Å². The van der Waals surface area contributed by atoms with Gasteiger partial charge in [0.2, 0.25) is 0 Å². The van der Waals surface area contributed by atoms with Gasteiger partial charge in [0.05, 0.1) is 13.2 Å². The topological polar surface area (TPSA) is 18.5 Å². The van der Waals surface area contributed by atoms with Gasteiger partial charge in [-0.3, -0.25) is 0 Å². The Morgan fingerprint density at radius 3 is 1.95 bits per heavy atom. The zero-order chi connectivity index (χ0) is 16.5. The summed E-state index contributed by atoms with van der Waals surface area (Å²) in [5.74, 6) is 3.23. The third-order valence-corrected chi connectivity index (χ3v) is 3.56. The Kier molecular flexibility index (Phi) is 8.08. The zero-order valence-corrected chi connectivity index (χ0v) is 15.1. The molecule has 0 aliphatic rings. The molecule has 0 fully saturated rings. The third-order valence-electron chi connectivity index (χ3n) is 3.56. The monoisotopic (exact) mass is 304 g/mol. The van der Waals surface area contributed by atoms with Crippen molar-refractivity contribution in [3.05, 3.63) is 29.3 Å². The summed E-state index contributed by atoms with van der Waals surface area (Å²) in [5, 5.41) is 0. The van der Waals surface area contributed by atoms with Crippen LogP contribution in [0.4, 0.5) is 0 Å². The summed E-state index contributed by atoms with van der Waals surface area (Å²) in [6.45, 7) is 14.5. The van der Waals surface area contributed by atoms with Crippen molar-refractivity contribution in [1.82, 2.24) is 0 Å². The molecule has 0 bridgehead atoms. The van der Waals surface area contributed by atoms with E-state index in [4.69, 9.17) is 9.47 Å². The second kappa shape index (κ2) is 9.55. The molecule has 0 atom stereocenters. The average Bonchev–Trinajstić information content (AvgIpc) is 2.42. The van der Waals surface area contributed by atoms with Crippen molar-refractivity contribution < 1.29 is 9.47 Å². The van der Waals surface area contributed by atoms with Crippen molar-refractivity contribution in [2.75, 3.05) is 13.2 Å². The molecule has 0 spiro atoms. The number of ether oxygens (including phenoxy) is 2. The maximum absolute atomic E-state index is 5.97. The Balaban J connectivity index is 2.82. The largest absolute Gasteiger partial charge is 0.493 e. The molecule has 2 heteroatoms. The molecular weight excluding hydrogens is 272 g/mol. The highest BCUT2D eigenvalue weighted by atomic mass is 16.5. The minimum absolute atomic E-state index is 0.657. The molecule has 2 nitrogen and oxygen atoms in total. The lowest BCUT2D eigenvalue weighted by Crippen LogP contribution is -2.05. The second-order valence-corrected chi connectivity index (χ2v) is 6.72. The summed E-state index contributed by atoms with van der Waals surface area (Å²) in [7, 11) is 0. The third kappa shape index (κ3) is 6.55. The van der Waals surface area contributed by atoms with Crippen molar-refractivity contribution in [3.8, 4) is 11.5 Å². The Labute approximate surface area is 136 Å². The van der Waals surface area contributed by atoms with Crippen LogP contribution in [0.15, 0.2) is 18.2 Å². The molecule has 22 heavy (non-hydrogen) atoms. The molecule has 0 aliphatic carbocycles. The summed E-state index contributed by atoms with van der Waals surface area (Å²) < 4.78 is 11.9. The maximum Gasteiger partial charge on any atom is 0.127 e. The van der Waals surface area contributed by atoms with Crippen LogP contribution in [0.1, 0.15) is 58.6 Å². The molecule has 0 saturated carbocycles. The maximum atomic E-state index is 5.97.